The molecule has 0 saturated heterocycles. The average Bonchev–Trinajstić information content (AvgIpc) is 1.14. The van der Waals surface area contributed by atoms with Gasteiger partial charge in [0.25, 0.3) is 0 Å². The fraction of sp³-hybridized carbons (Fsp3) is 0. The summed E-state index contributed by atoms with van der Waals surface area (Å²) >= 11 is 0. The van der Waals surface area contributed by atoms with E-state index in [9.17, 15) is 9.13 Å². The van der Waals surface area contributed by atoms with Crippen LogP contribution in [0.1, 0.15) is 0 Å². The van der Waals surface area contributed by atoms with Gasteiger partial charge in [-0.2, -0.15) is 4.31 Å². The van der Waals surface area contributed by atoms with Gasteiger partial charge in [0.15, 0.2) is 0 Å². The van der Waals surface area contributed by atoms with E-state index < -0.39 is 15.6 Å². The minimum absolute atomic E-state index is 0. The molecule has 0 aliphatic carbocycles. The van der Waals surface area contributed by atoms with Crippen LogP contribution < -0.4 is 6.15 Å². The molecule has 68 valence electrons. The number of rotatable bonds is 2. The molecule has 0 unspecified atom stereocenters. The van der Waals surface area contributed by atoms with Crippen molar-refractivity contribution in [2.24, 2.45) is 0 Å². The molecule has 0 aliphatic rings. The Morgan fingerprint density at radius 3 is 1.09 bits per heavy atom. The van der Waals surface area contributed by atoms with E-state index in [2.05, 4.69) is 4.31 Å². The molecule has 0 fully saturated rings. The molecule has 0 atom stereocenters. The van der Waals surface area contributed by atoms with Crippen LogP contribution in [0.5, 0.6) is 0 Å². The molecule has 0 radical (unpaired) electrons. The zero-order chi connectivity index (χ0) is 7.71. The Balaban J connectivity index is -0.000000320. The van der Waals surface area contributed by atoms with Crippen molar-refractivity contribution in [2.75, 3.05) is 0 Å². The van der Waals surface area contributed by atoms with Crippen molar-refractivity contribution in [1.29, 1.82) is 0 Å². The van der Waals surface area contributed by atoms with E-state index in [1.165, 1.54) is 0 Å². The first-order chi connectivity index (χ1) is 3.71. The second-order valence-corrected chi connectivity index (χ2v) is 3.68. The van der Waals surface area contributed by atoms with Crippen molar-refractivity contribution < 1.29 is 33.0 Å². The minimum atomic E-state index is -5.05. The van der Waals surface area contributed by atoms with Gasteiger partial charge in [-0.3, -0.25) is 0 Å². The van der Waals surface area contributed by atoms with E-state index in [1.807, 2.05) is 0 Å². The average molecular weight is 237 g/mol. The third-order valence-corrected chi connectivity index (χ3v) is 1.91. The maximum atomic E-state index is 9.63. The Hall–Kier alpha value is 1.48. The van der Waals surface area contributed by atoms with Crippen LogP contribution in [0.3, 0.4) is 0 Å². The predicted molar refractivity (Wildman–Crippen MR) is 38.7 cm³/mol. The van der Waals surface area contributed by atoms with E-state index in [0.717, 1.165) is 0 Å². The molecule has 0 heterocycles. The van der Waals surface area contributed by atoms with Gasteiger partial charge in [-0.15, -0.1) is 0 Å². The van der Waals surface area contributed by atoms with Crippen LogP contribution in [0.15, 0.2) is 0 Å². The van der Waals surface area contributed by atoms with Crippen molar-refractivity contribution in [2.45, 2.75) is 0 Å². The number of hydrogen-bond acceptors (Lipinski definition) is 4. The van der Waals surface area contributed by atoms with Gasteiger partial charge in [0.05, 0.1) is 0 Å². The summed E-state index contributed by atoms with van der Waals surface area (Å²) in [5.74, 6) is 0. The summed E-state index contributed by atoms with van der Waals surface area (Å²) < 4.78 is 22.2. The Bertz CT molecular complexity index is 157. The second-order valence-electron chi connectivity index (χ2n) is 1.06. The van der Waals surface area contributed by atoms with Gasteiger partial charge in [-0.05, 0) is 0 Å². The zero-order valence-corrected chi connectivity index (χ0v) is 6.40. The summed E-state index contributed by atoms with van der Waals surface area (Å²) in [6.45, 7) is 0. The molecular weight excluding hydrogens is 228 g/mol. The first-order valence-electron chi connectivity index (χ1n) is 1.53. The molecule has 0 aliphatic heterocycles. The normalized spacial score (nSPS) is 11.3. The van der Waals surface area contributed by atoms with E-state index >= 15 is 0 Å². The third kappa shape index (κ3) is 18.4. The van der Waals surface area contributed by atoms with Crippen LogP contribution >= 0.6 is 15.6 Å². The number of hydrogen-bond donors (Lipinski definition) is 5. The fourth-order valence-corrected chi connectivity index (χ4v) is 1.25. The van der Waals surface area contributed by atoms with Crippen molar-refractivity contribution >= 4 is 53.4 Å². The monoisotopic (exact) mass is 237 g/mol. The van der Waals surface area contributed by atoms with Crippen LogP contribution in [0.25, 0.3) is 0 Å². The van der Waals surface area contributed by atoms with Crippen LogP contribution in [0, 0.1) is 0 Å². The zero-order valence-electron chi connectivity index (χ0n) is 4.62. The fourth-order valence-electron chi connectivity index (χ4n) is 0.139. The van der Waals surface area contributed by atoms with E-state index in [1.54, 1.807) is 0 Å². The molecule has 0 saturated carbocycles. The van der Waals surface area contributed by atoms with Crippen molar-refractivity contribution in [3.8, 4) is 0 Å². The van der Waals surface area contributed by atoms with Crippen LogP contribution in [-0.2, 0) is 13.4 Å². The Kier molecular flexibility index (Phi) is 10.0. The maximum absolute atomic E-state index is 9.63. The van der Waals surface area contributed by atoms with Gasteiger partial charge in [0.2, 0.25) is 0 Å². The molecule has 0 aromatic heterocycles. The summed E-state index contributed by atoms with van der Waals surface area (Å²) in [6.07, 6.45) is 0. The van der Waals surface area contributed by atoms with Crippen LogP contribution in [0.4, 0.5) is 0 Å². The Labute approximate surface area is 92.0 Å². The van der Waals surface area contributed by atoms with Gasteiger partial charge >= 0.3 is 53.4 Å². The van der Waals surface area contributed by atoms with Gasteiger partial charge in [0, 0.05) is 0 Å². The molecule has 0 aromatic carbocycles. The molecule has 11 heteroatoms. The molecule has 0 spiro atoms. The van der Waals surface area contributed by atoms with Crippen molar-refractivity contribution in [3.63, 3.8) is 0 Å². The van der Waals surface area contributed by atoms with Crippen LogP contribution in [-0.4, -0.2) is 57.3 Å². The SMILES string of the molecule is N.O=P(O)(O)OP(=O)(O)O.[CaH2]. The molecular formula is H9CaNO7P2. The van der Waals surface area contributed by atoms with Gasteiger partial charge < -0.3 is 25.7 Å². The van der Waals surface area contributed by atoms with E-state index in [0.29, 0.717) is 0 Å². The molecule has 0 amide bonds. The molecule has 0 aromatic rings. The topological polar surface area (TPSA) is 159 Å². The standard InChI is InChI=1S/Ca.H3N.H4O7P2.2H/c;;1-8(2,3)7-9(4,5)6;;/h;1H3;(H2,1,2,3)(H2,4,5,6);;. The second kappa shape index (κ2) is 6.01. The molecule has 7 N–H and O–H groups in total. The molecule has 0 rings (SSSR count). The van der Waals surface area contributed by atoms with Gasteiger partial charge in [0.1, 0.15) is 0 Å². The summed E-state index contributed by atoms with van der Waals surface area (Å²) in [6, 6.07) is 0. The van der Waals surface area contributed by atoms with Gasteiger partial charge in [-0.25, -0.2) is 9.13 Å². The molecule has 0 bridgehead atoms. The summed E-state index contributed by atoms with van der Waals surface area (Å²) in [5.41, 5.74) is 0. The van der Waals surface area contributed by atoms with Crippen LogP contribution in [0.2, 0.25) is 0 Å². The van der Waals surface area contributed by atoms with Crippen molar-refractivity contribution in [3.05, 3.63) is 0 Å². The molecule has 8 nitrogen and oxygen atoms in total. The molecule has 11 heavy (non-hydrogen) atoms. The van der Waals surface area contributed by atoms with Crippen molar-refractivity contribution in [1.82, 2.24) is 6.15 Å². The third-order valence-electron chi connectivity index (χ3n) is 0.213. The Morgan fingerprint density at radius 2 is 1.09 bits per heavy atom. The van der Waals surface area contributed by atoms with Gasteiger partial charge in [-0.1, -0.05) is 0 Å². The summed E-state index contributed by atoms with van der Waals surface area (Å²) in [4.78, 5) is 31.0. The quantitative estimate of drug-likeness (QED) is 0.284. The Morgan fingerprint density at radius 1 is 0.909 bits per heavy atom. The first kappa shape index (κ1) is 18.3. The first-order valence-corrected chi connectivity index (χ1v) is 4.59. The predicted octanol–water partition coefficient (Wildman–Crippen LogP) is -1.57. The summed E-state index contributed by atoms with van der Waals surface area (Å²) in [5, 5.41) is 0. The number of phosphoric acid groups is 2. The van der Waals surface area contributed by atoms with E-state index in [-0.39, 0.29) is 43.9 Å². The van der Waals surface area contributed by atoms with E-state index in [4.69, 9.17) is 19.6 Å². The summed E-state index contributed by atoms with van der Waals surface area (Å²) in [7, 11) is -10.1.